The quantitative estimate of drug-likeness (QED) is 0.510. The second kappa shape index (κ2) is 10.9. The Morgan fingerprint density at radius 2 is 1.71 bits per heavy atom. The summed E-state index contributed by atoms with van der Waals surface area (Å²) in [6.45, 7) is 5.15. The first-order valence-electron chi connectivity index (χ1n) is 9.67. The Balaban J connectivity index is 0.000000739. The highest BCUT2D eigenvalue weighted by molar-refractivity contribution is 6.30. The summed E-state index contributed by atoms with van der Waals surface area (Å²) in [4.78, 5) is 15.0. The number of nitrogens with zero attached hydrogens (tertiary/aromatic N) is 1. The molecule has 0 saturated carbocycles. The molecule has 13 heteroatoms. The topological polar surface area (TPSA) is 143 Å². The van der Waals surface area contributed by atoms with Crippen LogP contribution in [0.4, 0.5) is 13.2 Å². The zero-order chi connectivity index (χ0) is 25.8. The Labute approximate surface area is 198 Å². The minimum atomic E-state index is -4.91. The number of halogens is 5. The molecule has 8 nitrogen and oxygen atoms in total. The molecule has 0 aliphatic carbocycles. The van der Waals surface area contributed by atoms with Crippen molar-refractivity contribution in [2.75, 3.05) is 13.1 Å². The fraction of sp³-hybridized carbons (Fsp3) is 0.286. The molecule has 2 aromatic carbocycles. The second-order valence-electron chi connectivity index (χ2n) is 6.94. The molecule has 34 heavy (non-hydrogen) atoms. The van der Waals surface area contributed by atoms with Gasteiger partial charge in [-0.15, -0.1) is 0 Å². The average Bonchev–Trinajstić information content (AvgIpc) is 2.71. The van der Waals surface area contributed by atoms with E-state index in [0.717, 1.165) is 0 Å². The van der Waals surface area contributed by atoms with Gasteiger partial charge in [0, 0.05) is 11.6 Å². The van der Waals surface area contributed by atoms with E-state index in [1.54, 1.807) is 0 Å². The van der Waals surface area contributed by atoms with Crippen molar-refractivity contribution >= 4 is 22.6 Å². The summed E-state index contributed by atoms with van der Waals surface area (Å²) in [6.07, 6.45) is -4.91. The summed E-state index contributed by atoms with van der Waals surface area (Å²) < 4.78 is 79.5. The Morgan fingerprint density at radius 3 is 2.21 bits per heavy atom. The average molecular weight is 526 g/mol. The second-order valence-corrected chi connectivity index (χ2v) is 8.17. The van der Waals surface area contributed by atoms with Gasteiger partial charge in [0.2, 0.25) is 11.2 Å². The molecule has 0 fully saturated rings. The summed E-state index contributed by atoms with van der Waals surface area (Å²) >= 11 is 5.91. The molecule has 0 spiro atoms. The summed E-state index contributed by atoms with van der Waals surface area (Å²) in [6, 6.07) is 8.19. The van der Waals surface area contributed by atoms with E-state index >= 15 is 0 Å². The van der Waals surface area contributed by atoms with Gasteiger partial charge in [-0.3, -0.25) is 9.69 Å². The molecule has 1 heterocycles. The predicted molar refractivity (Wildman–Crippen MR) is 108 cm³/mol. The number of hydrogen-bond donors (Lipinski definition) is 2. The lowest BCUT2D eigenvalue weighted by molar-refractivity contribution is -1.92. The lowest BCUT2D eigenvalue weighted by Crippen LogP contribution is -2.58. The number of phenols is 1. The molecule has 0 aliphatic rings. The molecule has 186 valence electrons. The molecular weight excluding hydrogens is 506 g/mol. The van der Waals surface area contributed by atoms with E-state index < -0.39 is 33.2 Å². The van der Waals surface area contributed by atoms with Crippen LogP contribution >= 0.6 is 11.6 Å². The van der Waals surface area contributed by atoms with E-state index in [1.165, 1.54) is 36.4 Å². The van der Waals surface area contributed by atoms with Crippen molar-refractivity contribution in [3.05, 3.63) is 63.0 Å². The monoisotopic (exact) mass is 525 g/mol. The number of alkyl halides is 3. The lowest BCUT2D eigenvalue weighted by Gasteiger charge is -2.20. The Hall–Kier alpha value is -2.38. The van der Waals surface area contributed by atoms with Crippen LogP contribution in [-0.2, 0) is 12.7 Å². The van der Waals surface area contributed by atoms with Gasteiger partial charge in [-0.25, -0.2) is 0 Å². The lowest BCUT2D eigenvalue weighted by atomic mass is 10.00. The van der Waals surface area contributed by atoms with Gasteiger partial charge in [-0.05, 0) is 42.9 Å². The molecule has 2 N–H and O–H groups in total. The van der Waals surface area contributed by atoms with E-state index in [1.807, 2.05) is 18.7 Å². The first kappa shape index (κ1) is 27.9. The molecule has 0 unspecified atom stereocenters. The van der Waals surface area contributed by atoms with E-state index in [0.29, 0.717) is 13.1 Å². The van der Waals surface area contributed by atoms with Crippen molar-refractivity contribution in [2.24, 2.45) is 0 Å². The number of aromatic hydroxyl groups is 1. The molecule has 1 aromatic heterocycles. The third-order valence-electron chi connectivity index (χ3n) is 4.79. The largest absolute Gasteiger partial charge is 0.507 e. The first-order valence-corrected chi connectivity index (χ1v) is 11.3. The Bertz CT molecular complexity index is 1200. The molecule has 0 atom stereocenters. The van der Waals surface area contributed by atoms with Crippen LogP contribution in [0.15, 0.2) is 45.6 Å². The number of hydrogen-bond acceptors (Lipinski definition) is 8. The number of benzene rings is 2. The number of fused-ring (bicyclic) bond motifs is 1. The normalized spacial score (nSPS) is 12.1. The first-order chi connectivity index (χ1) is 15.7. The SMILES string of the molecule is CCN(CC)Cc1c(O)ccc2c(=O)c(-c3cccc(Cl)c3)c(C(F)(F)F)oc12.[O-][Cl+3]([O-])([O-])O. The highest BCUT2D eigenvalue weighted by atomic mass is 35.7. The number of rotatable bonds is 5. The molecule has 3 aromatic rings. The molecule has 0 amide bonds. The molecular formula is C21H20Cl2F3NO7. The maximum absolute atomic E-state index is 13.8. The fourth-order valence-electron chi connectivity index (χ4n) is 3.23. The minimum Gasteiger partial charge on any atom is -0.507 e. The van der Waals surface area contributed by atoms with Crippen molar-refractivity contribution in [1.82, 2.24) is 4.90 Å². The van der Waals surface area contributed by atoms with Crippen molar-refractivity contribution in [1.29, 1.82) is 0 Å². The van der Waals surface area contributed by atoms with E-state index in [9.17, 15) is 23.1 Å². The van der Waals surface area contributed by atoms with Crippen LogP contribution in [0, 0.1) is 10.2 Å². The van der Waals surface area contributed by atoms with Gasteiger partial charge in [0.05, 0.1) is 31.4 Å². The van der Waals surface area contributed by atoms with Gasteiger partial charge in [-0.2, -0.15) is 27.1 Å². The predicted octanol–water partition coefficient (Wildman–Crippen LogP) is 1.56. The van der Waals surface area contributed by atoms with Gasteiger partial charge >= 0.3 is 6.18 Å². The molecule has 3 rings (SSSR count). The van der Waals surface area contributed by atoms with Gasteiger partial charge in [0.25, 0.3) is 0 Å². The van der Waals surface area contributed by atoms with Crippen molar-refractivity contribution < 1.29 is 51.6 Å². The summed E-state index contributed by atoms with van der Waals surface area (Å²) in [5, 5.41) is 10.4. The van der Waals surface area contributed by atoms with Crippen LogP contribution in [0.3, 0.4) is 0 Å². The van der Waals surface area contributed by atoms with E-state index in [4.69, 9.17) is 34.7 Å². The van der Waals surface area contributed by atoms with Gasteiger partial charge in [0.15, 0.2) is 0 Å². The van der Waals surface area contributed by atoms with Gasteiger partial charge in [0.1, 0.15) is 11.3 Å². The highest BCUT2D eigenvalue weighted by Gasteiger charge is 2.40. The Morgan fingerprint density at radius 1 is 1.12 bits per heavy atom. The van der Waals surface area contributed by atoms with Gasteiger partial charge < -0.3 is 9.52 Å². The number of phenolic OH excluding ortho intramolecular Hbond substituents is 1. The fourth-order valence-corrected chi connectivity index (χ4v) is 3.42. The van der Waals surface area contributed by atoms with Crippen molar-refractivity contribution in [2.45, 2.75) is 26.6 Å². The zero-order valence-corrected chi connectivity index (χ0v) is 19.4. The zero-order valence-electron chi connectivity index (χ0n) is 17.9. The minimum absolute atomic E-state index is 0.0128. The van der Waals surface area contributed by atoms with Crippen LogP contribution in [0.2, 0.25) is 5.02 Å². The van der Waals surface area contributed by atoms with Crippen molar-refractivity contribution in [3.8, 4) is 16.9 Å². The molecule has 0 aliphatic heterocycles. The van der Waals surface area contributed by atoms with Gasteiger partial charge in [-0.1, -0.05) is 37.6 Å². The van der Waals surface area contributed by atoms with E-state index in [-0.39, 0.29) is 39.4 Å². The third-order valence-corrected chi connectivity index (χ3v) is 5.02. The van der Waals surface area contributed by atoms with Crippen LogP contribution < -0.4 is 19.4 Å². The maximum atomic E-state index is 13.8. The third kappa shape index (κ3) is 7.06. The smallest absolute Gasteiger partial charge is 0.450 e. The summed E-state index contributed by atoms with van der Waals surface area (Å²) in [5.74, 6) is -1.64. The standard InChI is InChI=1S/C21H19ClF3NO3.ClHO4/c1-3-26(4-2)11-15-16(27)9-8-14-18(28)17(12-6-5-7-13(22)10-12)20(21(23,24)25)29-19(14)15;2-1(3,4)5/h5-10,27H,3-4,11H2,1-2H3;(H,2,3,4,5). The maximum Gasteiger partial charge on any atom is 0.450 e. The van der Waals surface area contributed by atoms with Crippen molar-refractivity contribution in [3.63, 3.8) is 0 Å². The molecule has 0 saturated heterocycles. The van der Waals surface area contributed by atoms with E-state index in [2.05, 4.69) is 0 Å². The summed E-state index contributed by atoms with van der Waals surface area (Å²) in [7, 11) is -4.69. The highest BCUT2D eigenvalue weighted by Crippen LogP contribution is 2.39. The Kier molecular flexibility index (Phi) is 8.94. The molecule has 0 radical (unpaired) electrons. The van der Waals surface area contributed by atoms with Crippen LogP contribution in [0.5, 0.6) is 5.75 Å². The molecule has 0 bridgehead atoms. The van der Waals surface area contributed by atoms with Crippen LogP contribution in [0.1, 0.15) is 25.2 Å². The van der Waals surface area contributed by atoms with Crippen LogP contribution in [0.25, 0.3) is 22.1 Å². The summed E-state index contributed by atoms with van der Waals surface area (Å²) in [5.41, 5.74) is -1.54. The van der Waals surface area contributed by atoms with Crippen LogP contribution in [-0.4, -0.2) is 27.8 Å².